The number of benzene rings is 2. The lowest BCUT2D eigenvalue weighted by Crippen LogP contribution is -1.98. The van der Waals surface area contributed by atoms with Gasteiger partial charge in [-0.3, -0.25) is 5.01 Å². The van der Waals surface area contributed by atoms with Crippen molar-refractivity contribution in [2.45, 2.75) is 0 Å². The molecule has 0 atom stereocenters. The molecule has 0 saturated carbocycles. The van der Waals surface area contributed by atoms with Crippen LogP contribution in [0.5, 0.6) is 0 Å². The van der Waals surface area contributed by atoms with E-state index in [4.69, 9.17) is 0 Å². The predicted octanol–water partition coefficient (Wildman–Crippen LogP) is 3.40. The van der Waals surface area contributed by atoms with E-state index < -0.39 is 0 Å². The minimum Gasteiger partial charge on any atom is -0.285 e. The van der Waals surface area contributed by atoms with Crippen molar-refractivity contribution < 1.29 is 0 Å². The normalized spacial score (nSPS) is 11.1. The molecule has 3 nitrogen and oxygen atoms in total. The summed E-state index contributed by atoms with van der Waals surface area (Å²) in [5, 5.41) is 12.2. The third kappa shape index (κ3) is 2.13. The van der Waals surface area contributed by atoms with Crippen molar-refractivity contribution in [3.63, 3.8) is 0 Å². The topological polar surface area (TPSA) is 28.0 Å². The van der Waals surface area contributed by atoms with Gasteiger partial charge < -0.3 is 0 Å². The van der Waals surface area contributed by atoms with Gasteiger partial charge in [-0.25, -0.2) is 0 Å². The Balaban J connectivity index is 2.51. The number of fused-ring (bicyclic) bond motifs is 1. The minimum absolute atomic E-state index is 0.904. The standard InChI is InChI=1S/C12H13N3/c1-15(2)14-13-12-9-5-7-10-6-3-4-8-11(10)12/h3-9H,1-2H3. The fourth-order valence-electron chi connectivity index (χ4n) is 1.43. The second kappa shape index (κ2) is 4.09. The molecule has 0 amide bonds. The van der Waals surface area contributed by atoms with E-state index in [0.29, 0.717) is 0 Å². The highest BCUT2D eigenvalue weighted by Gasteiger charge is 1.97. The van der Waals surface area contributed by atoms with E-state index in [2.05, 4.69) is 28.5 Å². The number of hydrogen-bond donors (Lipinski definition) is 0. The molecule has 0 N–H and O–H groups in total. The fourth-order valence-corrected chi connectivity index (χ4v) is 1.43. The molecule has 0 aliphatic rings. The van der Waals surface area contributed by atoms with Crippen LogP contribution in [0.4, 0.5) is 5.69 Å². The predicted molar refractivity (Wildman–Crippen MR) is 62.2 cm³/mol. The summed E-state index contributed by atoms with van der Waals surface area (Å²) < 4.78 is 0. The Morgan fingerprint density at radius 3 is 2.47 bits per heavy atom. The first-order chi connectivity index (χ1) is 7.27. The molecular weight excluding hydrogens is 186 g/mol. The van der Waals surface area contributed by atoms with Gasteiger partial charge >= 0.3 is 0 Å². The highest BCUT2D eigenvalue weighted by Crippen LogP contribution is 2.25. The maximum absolute atomic E-state index is 4.18. The van der Waals surface area contributed by atoms with Crippen LogP contribution < -0.4 is 0 Å². The van der Waals surface area contributed by atoms with Crippen molar-refractivity contribution in [3.05, 3.63) is 42.5 Å². The zero-order chi connectivity index (χ0) is 10.7. The van der Waals surface area contributed by atoms with Gasteiger partial charge in [0, 0.05) is 19.5 Å². The van der Waals surface area contributed by atoms with Gasteiger partial charge in [0.05, 0.1) is 5.69 Å². The quantitative estimate of drug-likeness (QED) is 0.538. The second-order valence-corrected chi connectivity index (χ2v) is 3.53. The van der Waals surface area contributed by atoms with Crippen LogP contribution in [0, 0.1) is 0 Å². The molecule has 0 aliphatic heterocycles. The molecule has 0 heterocycles. The molecule has 15 heavy (non-hydrogen) atoms. The molecule has 0 bridgehead atoms. The van der Waals surface area contributed by atoms with Crippen LogP contribution in [0.3, 0.4) is 0 Å². The van der Waals surface area contributed by atoms with Crippen molar-refractivity contribution in [2.75, 3.05) is 14.1 Å². The highest BCUT2D eigenvalue weighted by molar-refractivity contribution is 5.92. The highest BCUT2D eigenvalue weighted by atomic mass is 15.5. The van der Waals surface area contributed by atoms with E-state index in [1.807, 2.05) is 38.4 Å². The fraction of sp³-hybridized carbons (Fsp3) is 0.167. The van der Waals surface area contributed by atoms with Gasteiger partial charge in [-0.05, 0) is 11.5 Å². The largest absolute Gasteiger partial charge is 0.285 e. The van der Waals surface area contributed by atoms with E-state index in [1.54, 1.807) is 5.01 Å². The molecule has 3 heteroatoms. The van der Waals surface area contributed by atoms with Crippen LogP contribution in [0.1, 0.15) is 0 Å². The van der Waals surface area contributed by atoms with Crippen LogP contribution in [0.2, 0.25) is 0 Å². The maximum Gasteiger partial charge on any atom is 0.0952 e. The Hall–Kier alpha value is -1.90. The maximum atomic E-state index is 4.18. The molecular formula is C12H13N3. The van der Waals surface area contributed by atoms with Crippen LogP contribution >= 0.6 is 0 Å². The summed E-state index contributed by atoms with van der Waals surface area (Å²) in [6.45, 7) is 0. The molecule has 2 aromatic carbocycles. The zero-order valence-corrected chi connectivity index (χ0v) is 8.88. The van der Waals surface area contributed by atoms with Crippen molar-refractivity contribution in [1.82, 2.24) is 5.01 Å². The molecule has 0 spiro atoms. The van der Waals surface area contributed by atoms with E-state index in [9.17, 15) is 0 Å². The molecule has 0 unspecified atom stereocenters. The Morgan fingerprint density at radius 2 is 1.67 bits per heavy atom. The summed E-state index contributed by atoms with van der Waals surface area (Å²) in [5.74, 6) is 0. The average Bonchev–Trinajstić information content (AvgIpc) is 2.26. The number of nitrogens with zero attached hydrogens (tertiary/aromatic N) is 3. The van der Waals surface area contributed by atoms with E-state index >= 15 is 0 Å². The Kier molecular flexibility index (Phi) is 2.63. The summed E-state index contributed by atoms with van der Waals surface area (Å²) in [4.78, 5) is 0. The monoisotopic (exact) mass is 199 g/mol. The second-order valence-electron chi connectivity index (χ2n) is 3.53. The summed E-state index contributed by atoms with van der Waals surface area (Å²) in [6, 6.07) is 14.2. The van der Waals surface area contributed by atoms with Crippen LogP contribution in [0.25, 0.3) is 10.8 Å². The molecule has 0 fully saturated rings. The third-order valence-corrected chi connectivity index (χ3v) is 2.10. The van der Waals surface area contributed by atoms with Gasteiger partial charge in [0.25, 0.3) is 0 Å². The van der Waals surface area contributed by atoms with Gasteiger partial charge in [0.15, 0.2) is 0 Å². The van der Waals surface area contributed by atoms with Crippen LogP contribution in [-0.4, -0.2) is 19.1 Å². The first-order valence-corrected chi connectivity index (χ1v) is 4.84. The molecule has 2 rings (SSSR count). The lowest BCUT2D eigenvalue weighted by Gasteiger charge is -2.03. The van der Waals surface area contributed by atoms with Gasteiger partial charge in [-0.15, -0.1) is 5.11 Å². The van der Waals surface area contributed by atoms with Crippen molar-refractivity contribution in [3.8, 4) is 0 Å². The summed E-state index contributed by atoms with van der Waals surface area (Å²) in [5.41, 5.74) is 0.904. The first-order valence-electron chi connectivity index (χ1n) is 4.84. The molecule has 0 saturated heterocycles. The van der Waals surface area contributed by atoms with Crippen molar-refractivity contribution in [1.29, 1.82) is 0 Å². The molecule has 0 aromatic heterocycles. The van der Waals surface area contributed by atoms with Crippen LogP contribution in [-0.2, 0) is 0 Å². The number of rotatable bonds is 2. The molecule has 2 aromatic rings. The average molecular weight is 199 g/mol. The van der Waals surface area contributed by atoms with Gasteiger partial charge in [0.2, 0.25) is 0 Å². The molecule has 76 valence electrons. The Bertz CT molecular complexity index is 484. The molecule has 0 radical (unpaired) electrons. The van der Waals surface area contributed by atoms with Crippen molar-refractivity contribution in [2.24, 2.45) is 10.3 Å². The summed E-state index contributed by atoms with van der Waals surface area (Å²) in [7, 11) is 3.71. The first kappa shape index (κ1) is 9.65. The number of hydrogen-bond acceptors (Lipinski definition) is 2. The Morgan fingerprint density at radius 1 is 0.933 bits per heavy atom. The lowest BCUT2D eigenvalue weighted by atomic mass is 10.1. The van der Waals surface area contributed by atoms with E-state index in [-0.39, 0.29) is 0 Å². The summed E-state index contributed by atoms with van der Waals surface area (Å²) >= 11 is 0. The SMILES string of the molecule is CN(C)N=Nc1cccc2ccccc12. The lowest BCUT2D eigenvalue weighted by molar-refractivity contribution is 0.408. The van der Waals surface area contributed by atoms with Crippen molar-refractivity contribution >= 4 is 16.5 Å². The Labute approximate surface area is 89.0 Å². The smallest absolute Gasteiger partial charge is 0.0952 e. The van der Waals surface area contributed by atoms with Gasteiger partial charge in [-0.1, -0.05) is 41.6 Å². The van der Waals surface area contributed by atoms with E-state index in [0.717, 1.165) is 11.1 Å². The zero-order valence-electron chi connectivity index (χ0n) is 8.88. The van der Waals surface area contributed by atoms with E-state index in [1.165, 1.54) is 5.39 Å². The van der Waals surface area contributed by atoms with Gasteiger partial charge in [0.1, 0.15) is 0 Å². The third-order valence-electron chi connectivity index (χ3n) is 2.10. The van der Waals surface area contributed by atoms with Gasteiger partial charge in [-0.2, -0.15) is 0 Å². The van der Waals surface area contributed by atoms with Crippen LogP contribution in [0.15, 0.2) is 52.8 Å². The molecule has 0 aliphatic carbocycles. The minimum atomic E-state index is 0.904. The summed E-state index contributed by atoms with van der Waals surface area (Å²) in [6.07, 6.45) is 0.